The molecule has 0 atom stereocenters. The summed E-state index contributed by atoms with van der Waals surface area (Å²) in [6.45, 7) is 0. The first-order valence-electron chi connectivity index (χ1n) is 3.97. The summed E-state index contributed by atoms with van der Waals surface area (Å²) in [5.41, 5.74) is 0.368. The molecule has 0 amide bonds. The molecular formula is C10H9NO3. The van der Waals surface area contributed by atoms with E-state index in [1.54, 1.807) is 0 Å². The molecule has 0 saturated heterocycles. The summed E-state index contributed by atoms with van der Waals surface area (Å²) in [5.74, 6) is 4.84. The van der Waals surface area contributed by atoms with Crippen molar-refractivity contribution < 1.29 is 9.53 Å². The number of carbonyl (C=O) groups is 1. The number of nitrogens with one attached hydrogen (secondary N) is 1. The van der Waals surface area contributed by atoms with Gasteiger partial charge >= 0.3 is 5.97 Å². The lowest BCUT2D eigenvalue weighted by atomic mass is 10.3. The molecule has 72 valence electrons. The van der Waals surface area contributed by atoms with Gasteiger partial charge in [-0.3, -0.25) is 9.59 Å². The molecule has 14 heavy (non-hydrogen) atoms. The van der Waals surface area contributed by atoms with Gasteiger partial charge in [0, 0.05) is 18.3 Å². The molecule has 1 aromatic rings. The fourth-order valence-electron chi connectivity index (χ4n) is 0.802. The summed E-state index contributed by atoms with van der Waals surface area (Å²) >= 11 is 0. The molecule has 1 N–H and O–H groups in total. The average molecular weight is 191 g/mol. The fourth-order valence-corrected chi connectivity index (χ4v) is 0.802. The molecule has 0 bridgehead atoms. The minimum Gasteiger partial charge on any atom is -0.468 e. The van der Waals surface area contributed by atoms with Crippen LogP contribution in [-0.4, -0.2) is 18.1 Å². The van der Waals surface area contributed by atoms with E-state index in [0.29, 0.717) is 5.69 Å². The van der Waals surface area contributed by atoms with Gasteiger partial charge in [-0.25, -0.2) is 0 Å². The largest absolute Gasteiger partial charge is 0.468 e. The van der Waals surface area contributed by atoms with Crippen molar-refractivity contribution in [1.29, 1.82) is 0 Å². The van der Waals surface area contributed by atoms with Crippen molar-refractivity contribution in [3.8, 4) is 11.8 Å². The minimum absolute atomic E-state index is 0.0213. The standard InChI is InChI=1S/C10H9NO3/c1-14-10(13)4-2-3-8-7-9(12)5-6-11-8/h5-7H,4H2,1H3,(H,11,12). The number of esters is 1. The highest BCUT2D eigenvalue weighted by molar-refractivity contribution is 5.72. The third-order valence-electron chi connectivity index (χ3n) is 1.46. The Morgan fingerprint density at radius 1 is 1.64 bits per heavy atom. The molecule has 0 saturated carbocycles. The van der Waals surface area contributed by atoms with E-state index in [4.69, 9.17) is 0 Å². The van der Waals surface area contributed by atoms with E-state index in [2.05, 4.69) is 21.6 Å². The molecule has 0 fully saturated rings. The van der Waals surface area contributed by atoms with E-state index in [-0.39, 0.29) is 11.8 Å². The minimum atomic E-state index is -0.393. The van der Waals surface area contributed by atoms with Crippen LogP contribution in [0, 0.1) is 11.8 Å². The van der Waals surface area contributed by atoms with E-state index >= 15 is 0 Å². The first-order valence-corrected chi connectivity index (χ1v) is 3.97. The number of hydrogen-bond acceptors (Lipinski definition) is 3. The number of hydrogen-bond donors (Lipinski definition) is 1. The van der Waals surface area contributed by atoms with Crippen LogP contribution in [0.2, 0.25) is 0 Å². The van der Waals surface area contributed by atoms with Gasteiger partial charge in [-0.15, -0.1) is 0 Å². The molecule has 4 heteroatoms. The number of ether oxygens (including phenoxy) is 1. The lowest BCUT2D eigenvalue weighted by molar-refractivity contribution is -0.139. The average Bonchev–Trinajstić information content (AvgIpc) is 2.17. The Balaban J connectivity index is 2.68. The van der Waals surface area contributed by atoms with Gasteiger partial charge in [-0.2, -0.15) is 0 Å². The Kier molecular flexibility index (Phi) is 3.50. The maximum atomic E-state index is 10.9. The van der Waals surface area contributed by atoms with Gasteiger partial charge in [-0.1, -0.05) is 5.92 Å². The SMILES string of the molecule is COC(=O)CC#Cc1cc(=O)cc[nH]1. The van der Waals surface area contributed by atoms with Crippen molar-refractivity contribution in [2.75, 3.05) is 7.11 Å². The quantitative estimate of drug-likeness (QED) is 0.512. The Morgan fingerprint density at radius 3 is 3.07 bits per heavy atom. The third-order valence-corrected chi connectivity index (χ3v) is 1.46. The van der Waals surface area contributed by atoms with E-state index in [9.17, 15) is 9.59 Å². The van der Waals surface area contributed by atoms with Crippen molar-refractivity contribution in [3.05, 3.63) is 34.2 Å². The number of aromatic amines is 1. The van der Waals surface area contributed by atoms with Crippen molar-refractivity contribution in [1.82, 2.24) is 4.98 Å². The topological polar surface area (TPSA) is 59.2 Å². The van der Waals surface area contributed by atoms with Crippen LogP contribution in [-0.2, 0) is 9.53 Å². The monoisotopic (exact) mass is 191 g/mol. The van der Waals surface area contributed by atoms with Crippen molar-refractivity contribution in [2.45, 2.75) is 6.42 Å². The second-order valence-electron chi connectivity index (χ2n) is 2.49. The van der Waals surface area contributed by atoms with E-state index < -0.39 is 5.97 Å². The molecule has 0 unspecified atom stereocenters. The molecule has 1 aromatic heterocycles. The Labute approximate surface area is 80.9 Å². The van der Waals surface area contributed by atoms with Crippen molar-refractivity contribution >= 4 is 5.97 Å². The molecule has 0 radical (unpaired) electrons. The molecule has 1 heterocycles. The molecular weight excluding hydrogens is 182 g/mol. The molecule has 0 aliphatic carbocycles. The normalized spacial score (nSPS) is 8.64. The van der Waals surface area contributed by atoms with Crippen LogP contribution in [0.25, 0.3) is 0 Å². The maximum Gasteiger partial charge on any atom is 0.317 e. The maximum absolute atomic E-state index is 10.9. The van der Waals surface area contributed by atoms with Gasteiger partial charge in [0.1, 0.15) is 6.42 Å². The van der Waals surface area contributed by atoms with Crippen LogP contribution in [0.15, 0.2) is 23.1 Å². The summed E-state index contributed by atoms with van der Waals surface area (Å²) in [4.78, 5) is 24.3. The molecule has 0 aliphatic rings. The summed E-state index contributed by atoms with van der Waals surface area (Å²) in [6, 6.07) is 2.76. The highest BCUT2D eigenvalue weighted by Crippen LogP contribution is 1.86. The Bertz CT molecular complexity index is 436. The van der Waals surface area contributed by atoms with Gasteiger partial charge in [0.05, 0.1) is 12.8 Å². The zero-order valence-corrected chi connectivity index (χ0v) is 7.66. The first kappa shape index (κ1) is 10.1. The lowest BCUT2D eigenvalue weighted by Gasteiger charge is -1.90. The number of H-pyrrole nitrogens is 1. The number of carbonyl (C=O) groups excluding carboxylic acids is 1. The lowest BCUT2D eigenvalue weighted by Crippen LogP contribution is -1.99. The highest BCUT2D eigenvalue weighted by atomic mass is 16.5. The summed E-state index contributed by atoms with van der Waals surface area (Å²) in [7, 11) is 1.30. The van der Waals surface area contributed by atoms with Crippen LogP contribution < -0.4 is 5.43 Å². The third kappa shape index (κ3) is 3.15. The molecule has 0 aliphatic heterocycles. The van der Waals surface area contributed by atoms with Crippen LogP contribution in [0.3, 0.4) is 0 Å². The second-order valence-corrected chi connectivity index (χ2v) is 2.49. The number of aromatic nitrogens is 1. The van der Waals surface area contributed by atoms with Gasteiger partial charge in [0.2, 0.25) is 0 Å². The van der Waals surface area contributed by atoms with Crippen molar-refractivity contribution in [2.24, 2.45) is 0 Å². The molecule has 0 spiro atoms. The smallest absolute Gasteiger partial charge is 0.317 e. The van der Waals surface area contributed by atoms with Gasteiger partial charge in [0.25, 0.3) is 0 Å². The van der Waals surface area contributed by atoms with Crippen LogP contribution in [0.1, 0.15) is 12.1 Å². The predicted molar refractivity (Wildman–Crippen MR) is 50.6 cm³/mol. The van der Waals surface area contributed by atoms with Gasteiger partial charge < -0.3 is 9.72 Å². The summed E-state index contributed by atoms with van der Waals surface area (Å²) in [5, 5.41) is 0. The van der Waals surface area contributed by atoms with Crippen molar-refractivity contribution in [3.63, 3.8) is 0 Å². The summed E-state index contributed by atoms with van der Waals surface area (Å²) in [6.07, 6.45) is 1.53. The van der Waals surface area contributed by atoms with E-state index in [1.807, 2.05) is 0 Å². The predicted octanol–water partition coefficient (Wildman–Crippen LogP) is 0.289. The first-order chi connectivity index (χ1) is 6.72. The second kappa shape index (κ2) is 4.87. The molecule has 1 rings (SSSR count). The molecule has 0 aromatic carbocycles. The Morgan fingerprint density at radius 2 is 2.43 bits per heavy atom. The van der Waals surface area contributed by atoms with E-state index in [0.717, 1.165) is 0 Å². The Hall–Kier alpha value is -2.02. The van der Waals surface area contributed by atoms with Crippen LogP contribution in [0.4, 0.5) is 0 Å². The number of rotatable bonds is 1. The van der Waals surface area contributed by atoms with E-state index in [1.165, 1.54) is 25.4 Å². The fraction of sp³-hybridized carbons (Fsp3) is 0.200. The zero-order chi connectivity index (χ0) is 10.4. The van der Waals surface area contributed by atoms with Crippen LogP contribution >= 0.6 is 0 Å². The molecule has 4 nitrogen and oxygen atoms in total. The number of methoxy groups -OCH3 is 1. The zero-order valence-electron chi connectivity index (χ0n) is 7.66. The number of pyridine rings is 1. The van der Waals surface area contributed by atoms with Crippen LogP contribution in [0.5, 0.6) is 0 Å². The highest BCUT2D eigenvalue weighted by Gasteiger charge is 1.93. The van der Waals surface area contributed by atoms with Gasteiger partial charge in [-0.05, 0) is 5.92 Å². The summed E-state index contributed by atoms with van der Waals surface area (Å²) < 4.78 is 4.40. The van der Waals surface area contributed by atoms with Gasteiger partial charge in [0.15, 0.2) is 5.43 Å².